The molecule has 0 bridgehead atoms. The predicted octanol–water partition coefficient (Wildman–Crippen LogP) is 5.51. The van der Waals surface area contributed by atoms with Crippen molar-refractivity contribution in [2.45, 2.75) is 16.4 Å². The zero-order chi connectivity index (χ0) is 23.6. The zero-order valence-corrected chi connectivity index (χ0v) is 18.2. The molecular weight excluding hydrogens is 477 g/mol. The van der Waals surface area contributed by atoms with Crippen LogP contribution >= 0.6 is 23.4 Å². The van der Waals surface area contributed by atoms with Crippen molar-refractivity contribution in [1.82, 2.24) is 14.8 Å². The molecule has 0 saturated heterocycles. The third kappa shape index (κ3) is 5.47. The minimum absolute atomic E-state index is 0.0109. The molecule has 168 valence electrons. The number of nitrogens with one attached hydrogen (secondary N) is 1. The van der Waals surface area contributed by atoms with E-state index in [1.165, 1.54) is 35.5 Å². The van der Waals surface area contributed by atoms with Gasteiger partial charge in [-0.3, -0.25) is 4.68 Å². The number of carbonyl (C=O) groups is 1. The number of benzene rings is 2. The molecule has 7 nitrogen and oxygen atoms in total. The number of nitrogens with zero attached hydrogens (tertiary/aromatic N) is 5. The first kappa shape index (κ1) is 22.7. The Hall–Kier alpha value is -3.49. The first-order chi connectivity index (χ1) is 15.7. The summed E-state index contributed by atoms with van der Waals surface area (Å²) in [6, 6.07) is 13.2. The summed E-state index contributed by atoms with van der Waals surface area (Å²) in [5.74, 6) is 0. The Morgan fingerprint density at radius 3 is 2.48 bits per heavy atom. The minimum atomic E-state index is -4.39. The van der Waals surface area contributed by atoms with E-state index in [0.717, 1.165) is 5.56 Å². The van der Waals surface area contributed by atoms with Crippen LogP contribution in [0.3, 0.4) is 0 Å². The SMILES string of the molecule is N#Cc1cnn(C2CN(C(=O)Nc3ccc(SC(F)(F)F)cc3)N=C2c2ccc(Cl)cc2)c1. The van der Waals surface area contributed by atoms with Crippen molar-refractivity contribution in [3.63, 3.8) is 0 Å². The normalized spacial score (nSPS) is 15.8. The number of anilines is 1. The van der Waals surface area contributed by atoms with Crippen molar-refractivity contribution in [3.05, 3.63) is 77.1 Å². The highest BCUT2D eigenvalue weighted by molar-refractivity contribution is 8.00. The fourth-order valence-electron chi connectivity index (χ4n) is 3.19. The number of urea groups is 1. The minimum Gasteiger partial charge on any atom is -0.306 e. The molecule has 1 unspecified atom stereocenters. The van der Waals surface area contributed by atoms with Crippen molar-refractivity contribution in [1.29, 1.82) is 5.26 Å². The summed E-state index contributed by atoms with van der Waals surface area (Å²) >= 11 is 5.75. The average Bonchev–Trinajstić information content (AvgIpc) is 3.42. The van der Waals surface area contributed by atoms with Gasteiger partial charge in [0.2, 0.25) is 0 Å². The monoisotopic (exact) mass is 490 g/mol. The largest absolute Gasteiger partial charge is 0.446 e. The van der Waals surface area contributed by atoms with Gasteiger partial charge in [-0.15, -0.1) is 0 Å². The zero-order valence-electron chi connectivity index (χ0n) is 16.6. The van der Waals surface area contributed by atoms with Crippen molar-refractivity contribution < 1.29 is 18.0 Å². The highest BCUT2D eigenvalue weighted by Gasteiger charge is 2.33. The summed E-state index contributed by atoms with van der Waals surface area (Å²) in [5, 5.41) is 22.1. The van der Waals surface area contributed by atoms with Crippen molar-refractivity contribution >= 4 is 40.8 Å². The number of halogens is 4. The Balaban J connectivity index is 1.55. The van der Waals surface area contributed by atoms with E-state index in [9.17, 15) is 18.0 Å². The highest BCUT2D eigenvalue weighted by atomic mass is 35.5. The lowest BCUT2D eigenvalue weighted by Gasteiger charge is -2.16. The lowest BCUT2D eigenvalue weighted by Crippen LogP contribution is -2.31. The average molecular weight is 491 g/mol. The fraction of sp³-hybridized carbons (Fsp3) is 0.143. The van der Waals surface area contributed by atoms with Crippen LogP contribution in [0.25, 0.3) is 0 Å². The molecule has 0 radical (unpaired) electrons. The number of amides is 2. The Bertz CT molecular complexity index is 1230. The van der Waals surface area contributed by atoms with Crippen LogP contribution in [0.1, 0.15) is 17.2 Å². The number of carbonyl (C=O) groups excluding carboxylic acids is 1. The Morgan fingerprint density at radius 2 is 1.88 bits per heavy atom. The maximum atomic E-state index is 12.8. The molecule has 0 spiro atoms. The number of nitriles is 1. The van der Waals surface area contributed by atoms with E-state index < -0.39 is 17.6 Å². The molecule has 1 atom stereocenters. The van der Waals surface area contributed by atoms with Crippen LogP contribution in [0, 0.1) is 11.3 Å². The van der Waals surface area contributed by atoms with E-state index in [1.807, 2.05) is 6.07 Å². The second-order valence-corrected chi connectivity index (χ2v) is 8.49. The van der Waals surface area contributed by atoms with Gasteiger partial charge in [-0.2, -0.15) is 28.6 Å². The van der Waals surface area contributed by atoms with Crippen LogP contribution in [0.5, 0.6) is 0 Å². The summed E-state index contributed by atoms with van der Waals surface area (Å²) in [6.07, 6.45) is 2.98. The molecule has 1 N–H and O–H groups in total. The standard InChI is InChI=1S/C21H14ClF3N6OS/c22-15-3-1-14(2-4-15)19-18(30-11-13(9-26)10-27-30)12-31(29-19)20(32)28-16-5-7-17(8-6-16)33-21(23,24)25/h1-8,10-11,18H,12H2,(H,28,32). The first-order valence-electron chi connectivity index (χ1n) is 9.45. The van der Waals surface area contributed by atoms with E-state index in [1.54, 1.807) is 35.1 Å². The van der Waals surface area contributed by atoms with Crippen LogP contribution < -0.4 is 5.32 Å². The second kappa shape index (κ2) is 9.17. The van der Waals surface area contributed by atoms with Gasteiger partial charge in [0, 0.05) is 27.4 Å². The molecule has 1 aliphatic heterocycles. The molecule has 2 heterocycles. The maximum Gasteiger partial charge on any atom is 0.446 e. The second-order valence-electron chi connectivity index (χ2n) is 6.91. The molecule has 3 aromatic rings. The molecule has 1 aromatic heterocycles. The van der Waals surface area contributed by atoms with Gasteiger partial charge in [0.15, 0.2) is 0 Å². The summed E-state index contributed by atoms with van der Waals surface area (Å²) in [4.78, 5) is 12.8. The van der Waals surface area contributed by atoms with Crippen LogP contribution in [0.4, 0.5) is 23.7 Å². The molecule has 0 fully saturated rings. The maximum absolute atomic E-state index is 12.8. The van der Waals surface area contributed by atoms with Crippen molar-refractivity contribution in [2.75, 3.05) is 11.9 Å². The molecule has 0 aliphatic carbocycles. The lowest BCUT2D eigenvalue weighted by atomic mass is 10.0. The van der Waals surface area contributed by atoms with Gasteiger partial charge < -0.3 is 5.32 Å². The Labute approximate surface area is 195 Å². The number of hydrogen-bond donors (Lipinski definition) is 1. The van der Waals surface area contributed by atoms with Crippen LogP contribution in [-0.2, 0) is 0 Å². The fourth-order valence-corrected chi connectivity index (χ4v) is 3.86. The van der Waals surface area contributed by atoms with Crippen LogP contribution in [0.15, 0.2) is 70.9 Å². The molecule has 1 aliphatic rings. The Morgan fingerprint density at radius 1 is 1.18 bits per heavy atom. The van der Waals surface area contributed by atoms with Gasteiger partial charge in [0.1, 0.15) is 12.1 Å². The van der Waals surface area contributed by atoms with Crippen molar-refractivity contribution in [2.24, 2.45) is 5.10 Å². The third-order valence-electron chi connectivity index (χ3n) is 4.65. The summed E-state index contributed by atoms with van der Waals surface area (Å²) in [6.45, 7) is 0.137. The van der Waals surface area contributed by atoms with Gasteiger partial charge in [0.05, 0.1) is 24.0 Å². The van der Waals surface area contributed by atoms with E-state index in [-0.39, 0.29) is 23.2 Å². The molecule has 12 heteroatoms. The van der Waals surface area contributed by atoms with E-state index >= 15 is 0 Å². The molecule has 2 amide bonds. The van der Waals surface area contributed by atoms with Gasteiger partial charge >= 0.3 is 11.5 Å². The summed E-state index contributed by atoms with van der Waals surface area (Å²) < 4.78 is 39.0. The predicted molar refractivity (Wildman–Crippen MR) is 118 cm³/mol. The van der Waals surface area contributed by atoms with E-state index in [4.69, 9.17) is 16.9 Å². The van der Waals surface area contributed by atoms with E-state index in [0.29, 0.717) is 22.0 Å². The molecule has 33 heavy (non-hydrogen) atoms. The first-order valence-corrected chi connectivity index (χ1v) is 10.6. The third-order valence-corrected chi connectivity index (χ3v) is 5.64. The van der Waals surface area contributed by atoms with Crippen LogP contribution in [-0.4, -0.2) is 38.6 Å². The van der Waals surface area contributed by atoms with Crippen molar-refractivity contribution in [3.8, 4) is 6.07 Å². The molecular formula is C21H14ClF3N6OS. The topological polar surface area (TPSA) is 86.3 Å². The van der Waals surface area contributed by atoms with Gasteiger partial charge in [0.25, 0.3) is 0 Å². The molecule has 4 rings (SSSR count). The van der Waals surface area contributed by atoms with Gasteiger partial charge in [-0.1, -0.05) is 23.7 Å². The summed E-state index contributed by atoms with van der Waals surface area (Å²) in [5.41, 5.74) is -2.43. The molecule has 2 aromatic carbocycles. The van der Waals surface area contributed by atoms with Crippen LogP contribution in [0.2, 0.25) is 5.02 Å². The van der Waals surface area contributed by atoms with Gasteiger partial charge in [-0.05, 0) is 48.2 Å². The lowest BCUT2D eigenvalue weighted by molar-refractivity contribution is -0.0328. The highest BCUT2D eigenvalue weighted by Crippen LogP contribution is 2.37. The Kier molecular flexibility index (Phi) is 6.31. The van der Waals surface area contributed by atoms with E-state index in [2.05, 4.69) is 15.5 Å². The quantitative estimate of drug-likeness (QED) is 0.488. The smallest absolute Gasteiger partial charge is 0.306 e. The number of hydrazone groups is 1. The number of hydrogen-bond acceptors (Lipinski definition) is 5. The number of rotatable bonds is 4. The number of alkyl halides is 3. The number of aromatic nitrogens is 2. The number of thioether (sulfide) groups is 1. The van der Waals surface area contributed by atoms with Gasteiger partial charge in [-0.25, -0.2) is 9.80 Å². The summed E-state index contributed by atoms with van der Waals surface area (Å²) in [7, 11) is 0. The molecule has 0 saturated carbocycles.